The fourth-order valence-corrected chi connectivity index (χ4v) is 4.25. The molecule has 6 nitrogen and oxygen atoms in total. The number of nitrogens with two attached hydrogens (primary N) is 1. The van der Waals surface area contributed by atoms with E-state index in [2.05, 4.69) is 76.6 Å². The van der Waals surface area contributed by atoms with Gasteiger partial charge in [-0.3, -0.25) is 4.90 Å². The van der Waals surface area contributed by atoms with Crippen LogP contribution in [0, 0.1) is 10.8 Å². The van der Waals surface area contributed by atoms with Crippen molar-refractivity contribution in [2.24, 2.45) is 16.6 Å². The summed E-state index contributed by atoms with van der Waals surface area (Å²) in [4.78, 5) is 20.5. The fraction of sp³-hybridized carbons (Fsp3) is 0.467. The highest BCUT2D eigenvalue weighted by Crippen LogP contribution is 2.39. The number of amides is 1. The van der Waals surface area contributed by atoms with Crippen LogP contribution in [-0.4, -0.2) is 40.2 Å². The molecule has 0 fully saturated rings. The third kappa shape index (κ3) is 7.44. The molecule has 0 unspecified atom stereocenters. The zero-order valence-corrected chi connectivity index (χ0v) is 22.7. The van der Waals surface area contributed by atoms with Crippen molar-refractivity contribution in [1.82, 2.24) is 14.5 Å². The zero-order chi connectivity index (χ0) is 26.3. The van der Waals surface area contributed by atoms with Gasteiger partial charge in [-0.05, 0) is 29.4 Å². The second-order valence-corrected chi connectivity index (χ2v) is 11.7. The lowest BCUT2D eigenvalue weighted by Gasteiger charge is -2.39. The number of benzene rings is 2. The molecule has 0 bridgehead atoms. The quantitative estimate of drug-likeness (QED) is 0.371. The summed E-state index contributed by atoms with van der Waals surface area (Å²) in [5.74, 6) is 0.843. The van der Waals surface area contributed by atoms with E-state index < -0.39 is 0 Å². The molecule has 1 heterocycles. The normalized spacial score (nSPS) is 12.9. The Balaban J connectivity index is 2.11. The summed E-state index contributed by atoms with van der Waals surface area (Å²) < 4.78 is 8.00. The van der Waals surface area contributed by atoms with E-state index in [-0.39, 0.29) is 23.0 Å². The Morgan fingerprint density at radius 2 is 1.61 bits per heavy atom. The molecule has 194 valence electrons. The minimum Gasteiger partial charge on any atom is -0.449 e. The average molecular weight is 491 g/mol. The van der Waals surface area contributed by atoms with Gasteiger partial charge in [0.2, 0.25) is 0 Å². The summed E-state index contributed by atoms with van der Waals surface area (Å²) >= 11 is 0. The molecule has 2 aromatic carbocycles. The molecule has 0 saturated heterocycles. The third-order valence-electron chi connectivity index (χ3n) is 5.92. The largest absolute Gasteiger partial charge is 0.449 e. The first-order valence-electron chi connectivity index (χ1n) is 12.8. The van der Waals surface area contributed by atoms with E-state index in [0.29, 0.717) is 32.7 Å². The molecular formula is C30H42N4O2. The van der Waals surface area contributed by atoms with Crippen molar-refractivity contribution in [2.45, 2.75) is 60.5 Å². The Morgan fingerprint density at radius 3 is 2.17 bits per heavy atom. The summed E-state index contributed by atoms with van der Waals surface area (Å²) in [6, 6.07) is 20.2. The van der Waals surface area contributed by atoms with E-state index in [1.54, 1.807) is 0 Å². The van der Waals surface area contributed by atoms with Crippen LogP contribution in [0.25, 0.3) is 11.3 Å². The van der Waals surface area contributed by atoms with Gasteiger partial charge in [-0.15, -0.1) is 0 Å². The lowest BCUT2D eigenvalue weighted by molar-refractivity contribution is 0.0340. The van der Waals surface area contributed by atoms with Crippen molar-refractivity contribution in [2.75, 3.05) is 19.7 Å². The maximum Gasteiger partial charge on any atom is 0.410 e. The van der Waals surface area contributed by atoms with Crippen LogP contribution in [-0.2, 0) is 11.3 Å². The van der Waals surface area contributed by atoms with Crippen molar-refractivity contribution < 1.29 is 9.53 Å². The molecule has 1 atom stereocenters. The van der Waals surface area contributed by atoms with Gasteiger partial charge >= 0.3 is 6.09 Å². The molecule has 0 aliphatic heterocycles. The molecule has 36 heavy (non-hydrogen) atoms. The van der Waals surface area contributed by atoms with Crippen LogP contribution in [0.5, 0.6) is 0 Å². The highest BCUT2D eigenvalue weighted by atomic mass is 16.6. The second-order valence-electron chi connectivity index (χ2n) is 11.7. The number of hydrogen-bond donors (Lipinski definition) is 1. The standard InChI is InChI=1S/C30H42N4O2/c1-29(2,3)22-36-28(35)34(19-13-18-31)26(30(4,5)6)27-32-25(24-16-11-8-12-17-24)21-33(27)20-23-14-9-7-10-15-23/h7-12,14-17,21,26H,13,18-20,22,31H2,1-6H3/t26-/m0/s1. The Hall–Kier alpha value is -3.12. The molecule has 6 heteroatoms. The molecule has 0 spiro atoms. The highest BCUT2D eigenvalue weighted by molar-refractivity contribution is 5.68. The number of carbonyl (C=O) groups is 1. The first kappa shape index (κ1) is 27.5. The van der Waals surface area contributed by atoms with Crippen molar-refractivity contribution in [3.8, 4) is 11.3 Å². The second kappa shape index (κ2) is 11.7. The van der Waals surface area contributed by atoms with Crippen molar-refractivity contribution in [3.63, 3.8) is 0 Å². The molecule has 0 saturated carbocycles. The van der Waals surface area contributed by atoms with Gasteiger partial charge in [0.25, 0.3) is 0 Å². The van der Waals surface area contributed by atoms with Crippen LogP contribution in [0.2, 0.25) is 0 Å². The van der Waals surface area contributed by atoms with Crippen LogP contribution in [0.15, 0.2) is 66.9 Å². The van der Waals surface area contributed by atoms with Gasteiger partial charge in [-0.2, -0.15) is 0 Å². The maximum absolute atomic E-state index is 13.5. The van der Waals surface area contributed by atoms with E-state index in [1.807, 2.05) is 41.3 Å². The van der Waals surface area contributed by atoms with E-state index >= 15 is 0 Å². The monoisotopic (exact) mass is 490 g/mol. The number of rotatable bonds is 9. The number of carbonyl (C=O) groups excluding carboxylic acids is 1. The lowest BCUT2D eigenvalue weighted by Crippen LogP contribution is -2.44. The lowest BCUT2D eigenvalue weighted by atomic mass is 9.84. The number of ether oxygens (including phenoxy) is 1. The number of hydrogen-bond acceptors (Lipinski definition) is 4. The van der Waals surface area contributed by atoms with Crippen molar-refractivity contribution in [1.29, 1.82) is 0 Å². The van der Waals surface area contributed by atoms with Crippen LogP contribution in [0.1, 0.15) is 65.4 Å². The summed E-state index contributed by atoms with van der Waals surface area (Å²) in [5.41, 5.74) is 8.56. The number of nitrogens with zero attached hydrogens (tertiary/aromatic N) is 3. The topological polar surface area (TPSA) is 73.4 Å². The van der Waals surface area contributed by atoms with Crippen LogP contribution in [0.3, 0.4) is 0 Å². The predicted molar refractivity (Wildman–Crippen MR) is 147 cm³/mol. The Kier molecular flexibility index (Phi) is 8.96. The molecule has 0 aliphatic rings. The summed E-state index contributed by atoms with van der Waals surface area (Å²) in [5, 5.41) is 0. The fourth-order valence-electron chi connectivity index (χ4n) is 4.25. The van der Waals surface area contributed by atoms with Gasteiger partial charge < -0.3 is 15.0 Å². The van der Waals surface area contributed by atoms with Crippen LogP contribution < -0.4 is 5.73 Å². The van der Waals surface area contributed by atoms with Crippen molar-refractivity contribution in [3.05, 3.63) is 78.2 Å². The first-order valence-corrected chi connectivity index (χ1v) is 12.8. The minimum atomic E-state index is -0.325. The molecule has 3 aromatic rings. The number of imidazole rings is 1. The van der Waals surface area contributed by atoms with Gasteiger partial charge in [0.15, 0.2) is 0 Å². The van der Waals surface area contributed by atoms with E-state index in [0.717, 1.165) is 17.1 Å². The Labute approximate surface area is 216 Å². The zero-order valence-electron chi connectivity index (χ0n) is 22.7. The molecular weight excluding hydrogens is 448 g/mol. The predicted octanol–water partition coefficient (Wildman–Crippen LogP) is 6.52. The molecule has 0 aliphatic carbocycles. The van der Waals surface area contributed by atoms with Crippen molar-refractivity contribution >= 4 is 6.09 Å². The van der Waals surface area contributed by atoms with E-state index in [4.69, 9.17) is 15.5 Å². The first-order chi connectivity index (χ1) is 17.0. The smallest absolute Gasteiger partial charge is 0.410 e. The van der Waals surface area contributed by atoms with Crippen LogP contribution >= 0.6 is 0 Å². The van der Waals surface area contributed by atoms with Gasteiger partial charge in [0.05, 0.1) is 18.3 Å². The van der Waals surface area contributed by atoms with E-state index in [9.17, 15) is 4.79 Å². The molecule has 3 rings (SSSR count). The number of aromatic nitrogens is 2. The Bertz CT molecular complexity index is 1100. The molecule has 1 aromatic heterocycles. The molecule has 1 amide bonds. The Morgan fingerprint density at radius 1 is 1.00 bits per heavy atom. The molecule has 2 N–H and O–H groups in total. The van der Waals surface area contributed by atoms with Crippen LogP contribution in [0.4, 0.5) is 4.79 Å². The highest BCUT2D eigenvalue weighted by Gasteiger charge is 2.39. The minimum absolute atomic E-state index is 0.126. The maximum atomic E-state index is 13.5. The summed E-state index contributed by atoms with van der Waals surface area (Å²) in [6.07, 6.45) is 2.45. The average Bonchev–Trinajstić information content (AvgIpc) is 3.23. The third-order valence-corrected chi connectivity index (χ3v) is 5.92. The van der Waals surface area contributed by atoms with Gasteiger partial charge in [0, 0.05) is 24.8 Å². The van der Waals surface area contributed by atoms with E-state index in [1.165, 1.54) is 5.56 Å². The van der Waals surface area contributed by atoms with Gasteiger partial charge in [-0.1, -0.05) is 102 Å². The summed E-state index contributed by atoms with van der Waals surface area (Å²) in [7, 11) is 0. The van der Waals surface area contributed by atoms with Gasteiger partial charge in [-0.25, -0.2) is 9.78 Å². The molecule has 0 radical (unpaired) electrons. The summed E-state index contributed by atoms with van der Waals surface area (Å²) in [6.45, 7) is 14.6. The van der Waals surface area contributed by atoms with Gasteiger partial charge in [0.1, 0.15) is 5.82 Å². The SMILES string of the molecule is CC(C)(C)COC(=O)N(CCCN)[C@@H](c1nc(-c2ccccc2)cn1Cc1ccccc1)C(C)(C)C.